The highest BCUT2D eigenvalue weighted by molar-refractivity contribution is 6.31. The van der Waals surface area contributed by atoms with Crippen molar-refractivity contribution in [3.63, 3.8) is 0 Å². The van der Waals surface area contributed by atoms with Crippen molar-refractivity contribution >= 4 is 23.5 Å². The Morgan fingerprint density at radius 1 is 1.32 bits per heavy atom. The molecule has 170 valence electrons. The Morgan fingerprint density at radius 3 is 2.65 bits per heavy atom. The molecule has 31 heavy (non-hydrogen) atoms. The number of fused-ring (bicyclic) bond motifs is 1. The normalized spacial score (nSPS) is 31.3. The zero-order valence-corrected chi connectivity index (χ0v) is 19.9. The summed E-state index contributed by atoms with van der Waals surface area (Å²) in [6.07, 6.45) is 3.74. The van der Waals surface area contributed by atoms with Gasteiger partial charge in [-0.15, -0.1) is 0 Å². The number of carbonyl (C=O) groups is 2. The minimum Gasteiger partial charge on any atom is -0.458 e. The molecule has 6 heteroatoms. The third kappa shape index (κ3) is 4.83. The molecular weight excluding hydrogens is 414 g/mol. The predicted molar refractivity (Wildman–Crippen MR) is 121 cm³/mol. The largest absolute Gasteiger partial charge is 0.458 e. The van der Waals surface area contributed by atoms with E-state index in [1.807, 2.05) is 38.1 Å². The molecule has 1 unspecified atom stereocenters. The first-order valence-corrected chi connectivity index (χ1v) is 11.5. The zero-order valence-electron chi connectivity index (χ0n) is 19.1. The molecule has 3 rings (SSSR count). The average Bonchev–Trinajstić information content (AvgIpc) is 2.71. The SMILES string of the molecule is CC(=O)O[C@@H]1C[C@@]2(O)[C@H](C)CC[C@@H](C(C)C(=O)N(C)Cc3ccccc3Cl)[C@H]2C=C1C. The standard InChI is InChI=1S/C25H34ClNO4/c1-15-12-21-20(11-10-16(2)25(21,30)13-23(15)31-18(4)28)17(3)24(29)27(5)14-19-8-6-7-9-22(19)26/h6-9,12,16-17,20-21,23,30H,10-11,13-14H2,1-5H3/t16-,17?,20+,21-,23-,25-/m1/s1. The lowest BCUT2D eigenvalue weighted by Gasteiger charge is -2.52. The summed E-state index contributed by atoms with van der Waals surface area (Å²) < 4.78 is 5.47. The Labute approximate surface area is 190 Å². The summed E-state index contributed by atoms with van der Waals surface area (Å²) in [7, 11) is 1.80. The second kappa shape index (κ2) is 9.33. The molecule has 1 aromatic carbocycles. The van der Waals surface area contributed by atoms with Crippen LogP contribution in [-0.2, 0) is 20.9 Å². The van der Waals surface area contributed by atoms with Crippen molar-refractivity contribution in [2.24, 2.45) is 23.7 Å². The number of hydrogen-bond donors (Lipinski definition) is 1. The van der Waals surface area contributed by atoms with Crippen molar-refractivity contribution < 1.29 is 19.4 Å². The number of carbonyl (C=O) groups excluding carboxylic acids is 2. The van der Waals surface area contributed by atoms with Gasteiger partial charge in [-0.05, 0) is 48.8 Å². The van der Waals surface area contributed by atoms with Gasteiger partial charge < -0.3 is 14.7 Å². The summed E-state index contributed by atoms with van der Waals surface area (Å²) in [6.45, 7) is 7.81. The minimum absolute atomic E-state index is 0.0237. The maximum absolute atomic E-state index is 13.3. The lowest BCUT2D eigenvalue weighted by Crippen LogP contribution is -2.56. The van der Waals surface area contributed by atoms with Crippen molar-refractivity contribution in [1.82, 2.24) is 4.90 Å². The lowest BCUT2D eigenvalue weighted by atomic mass is 9.56. The summed E-state index contributed by atoms with van der Waals surface area (Å²) in [6, 6.07) is 7.55. The third-order valence-corrected chi connectivity index (χ3v) is 7.74. The summed E-state index contributed by atoms with van der Waals surface area (Å²) >= 11 is 6.28. The second-order valence-electron chi connectivity index (χ2n) is 9.45. The Kier molecular flexibility index (Phi) is 7.17. The Bertz CT molecular complexity index is 869. The van der Waals surface area contributed by atoms with Crippen LogP contribution in [0.25, 0.3) is 0 Å². The molecule has 5 nitrogen and oxygen atoms in total. The number of halogens is 1. The molecule has 0 heterocycles. The van der Waals surface area contributed by atoms with E-state index in [9.17, 15) is 14.7 Å². The molecule has 0 spiro atoms. The van der Waals surface area contributed by atoms with Gasteiger partial charge in [-0.1, -0.05) is 49.7 Å². The van der Waals surface area contributed by atoms with Crippen LogP contribution in [0.3, 0.4) is 0 Å². The van der Waals surface area contributed by atoms with Gasteiger partial charge in [0.2, 0.25) is 5.91 Å². The van der Waals surface area contributed by atoms with Crippen LogP contribution >= 0.6 is 11.6 Å². The van der Waals surface area contributed by atoms with Crippen molar-refractivity contribution in [3.05, 3.63) is 46.5 Å². The first kappa shape index (κ1) is 23.8. The first-order valence-electron chi connectivity index (χ1n) is 11.1. The van der Waals surface area contributed by atoms with Gasteiger partial charge in [-0.3, -0.25) is 9.59 Å². The fourth-order valence-electron chi connectivity index (χ4n) is 5.41. The van der Waals surface area contributed by atoms with E-state index in [0.717, 1.165) is 24.0 Å². The van der Waals surface area contributed by atoms with Crippen molar-refractivity contribution in [3.8, 4) is 0 Å². The highest BCUT2D eigenvalue weighted by Gasteiger charge is 2.53. The van der Waals surface area contributed by atoms with Gasteiger partial charge in [0.05, 0.1) is 5.60 Å². The molecule has 0 saturated heterocycles. The van der Waals surface area contributed by atoms with Gasteiger partial charge in [-0.2, -0.15) is 0 Å². The molecule has 1 aromatic rings. The molecule has 0 bridgehead atoms. The van der Waals surface area contributed by atoms with Crippen molar-refractivity contribution in [2.45, 2.75) is 65.2 Å². The number of nitrogens with zero attached hydrogens (tertiary/aromatic N) is 1. The highest BCUT2D eigenvalue weighted by Crippen LogP contribution is 2.51. The topological polar surface area (TPSA) is 66.8 Å². The van der Waals surface area contributed by atoms with Crippen LogP contribution in [0.15, 0.2) is 35.9 Å². The van der Waals surface area contributed by atoms with E-state index in [4.69, 9.17) is 16.3 Å². The highest BCUT2D eigenvalue weighted by atomic mass is 35.5. The fourth-order valence-corrected chi connectivity index (χ4v) is 5.61. The Hall–Kier alpha value is -1.85. The molecule has 1 amide bonds. The number of ether oxygens (including phenoxy) is 1. The van der Waals surface area contributed by atoms with Crippen LogP contribution in [0.1, 0.15) is 52.5 Å². The molecule has 1 fully saturated rings. The smallest absolute Gasteiger partial charge is 0.303 e. The minimum atomic E-state index is -0.988. The van der Waals surface area contributed by atoms with Crippen LogP contribution in [0, 0.1) is 23.7 Å². The number of rotatable bonds is 5. The van der Waals surface area contributed by atoms with Crippen LogP contribution < -0.4 is 0 Å². The van der Waals surface area contributed by atoms with Gasteiger partial charge in [0.1, 0.15) is 6.10 Å². The average molecular weight is 448 g/mol. The van der Waals surface area contributed by atoms with Gasteiger partial charge in [0.25, 0.3) is 0 Å². The molecule has 2 aliphatic carbocycles. The maximum Gasteiger partial charge on any atom is 0.303 e. The molecule has 0 aromatic heterocycles. The molecule has 0 aliphatic heterocycles. The number of benzene rings is 1. The van der Waals surface area contributed by atoms with E-state index >= 15 is 0 Å². The van der Waals surface area contributed by atoms with Crippen molar-refractivity contribution in [2.75, 3.05) is 7.05 Å². The zero-order chi connectivity index (χ0) is 22.9. The Morgan fingerprint density at radius 2 is 2.00 bits per heavy atom. The Balaban J connectivity index is 1.81. The summed E-state index contributed by atoms with van der Waals surface area (Å²) in [4.78, 5) is 26.6. The molecular formula is C25H34ClNO4. The van der Waals surface area contributed by atoms with E-state index in [2.05, 4.69) is 13.0 Å². The van der Waals surface area contributed by atoms with Crippen molar-refractivity contribution in [1.29, 1.82) is 0 Å². The van der Waals surface area contributed by atoms with Crippen LogP contribution in [0.4, 0.5) is 0 Å². The molecule has 0 radical (unpaired) electrons. The first-order chi connectivity index (χ1) is 14.5. The summed E-state index contributed by atoms with van der Waals surface area (Å²) in [5.74, 6) is -0.587. The monoisotopic (exact) mass is 447 g/mol. The van der Waals surface area contributed by atoms with Gasteiger partial charge in [0, 0.05) is 43.8 Å². The van der Waals surface area contributed by atoms with E-state index in [1.165, 1.54) is 6.92 Å². The van der Waals surface area contributed by atoms with E-state index in [-0.39, 0.29) is 35.5 Å². The number of aliphatic hydroxyl groups is 1. The van der Waals surface area contributed by atoms with E-state index in [0.29, 0.717) is 18.0 Å². The number of hydrogen-bond acceptors (Lipinski definition) is 4. The van der Waals surface area contributed by atoms with Gasteiger partial charge in [-0.25, -0.2) is 0 Å². The number of amides is 1. The van der Waals surface area contributed by atoms with Crippen LogP contribution in [0.2, 0.25) is 5.02 Å². The van der Waals surface area contributed by atoms with Gasteiger partial charge >= 0.3 is 5.97 Å². The third-order valence-electron chi connectivity index (χ3n) is 7.37. The van der Waals surface area contributed by atoms with E-state index in [1.54, 1.807) is 11.9 Å². The number of esters is 1. The maximum atomic E-state index is 13.3. The second-order valence-corrected chi connectivity index (χ2v) is 9.85. The molecule has 6 atom stereocenters. The van der Waals surface area contributed by atoms with Gasteiger partial charge in [0.15, 0.2) is 0 Å². The molecule has 2 aliphatic rings. The quantitative estimate of drug-likeness (QED) is 0.528. The van der Waals surface area contributed by atoms with Crippen LogP contribution in [0.5, 0.6) is 0 Å². The summed E-state index contributed by atoms with van der Waals surface area (Å²) in [5.41, 5.74) is 0.880. The van der Waals surface area contributed by atoms with E-state index < -0.39 is 11.7 Å². The molecule has 1 saturated carbocycles. The fraction of sp³-hybridized carbons (Fsp3) is 0.600. The predicted octanol–water partition coefficient (Wildman–Crippen LogP) is 4.61. The molecule has 1 N–H and O–H groups in total. The van der Waals surface area contributed by atoms with Crippen LogP contribution in [-0.4, -0.2) is 40.6 Å². The lowest BCUT2D eigenvalue weighted by molar-refractivity contribution is -0.161. The summed E-state index contributed by atoms with van der Waals surface area (Å²) in [5, 5.41) is 12.3.